The molecule has 1 saturated heterocycles. The van der Waals surface area contributed by atoms with Gasteiger partial charge in [-0.3, -0.25) is 33.5 Å². The maximum atomic E-state index is 14.9. The number of nitro benzene ring substituents is 1. The third-order valence-electron chi connectivity index (χ3n) is 4.72. The Morgan fingerprint density at radius 3 is 2.88 bits per heavy atom. The average molecular weight is 494 g/mol. The molecule has 0 saturated carbocycles. The zero-order valence-corrected chi connectivity index (χ0v) is 17.4. The molecule has 1 aromatic carbocycles. The zero-order chi connectivity index (χ0) is 23.3. The highest BCUT2D eigenvalue weighted by molar-refractivity contribution is 7.49. The normalized spacial score (nSPS) is 31.7. The van der Waals surface area contributed by atoms with Gasteiger partial charge in [0, 0.05) is 30.0 Å². The number of rotatable bonds is 5. The van der Waals surface area contributed by atoms with Crippen LogP contribution < -0.4 is 15.8 Å². The Balaban J connectivity index is 1.48. The van der Waals surface area contributed by atoms with E-state index in [0.717, 1.165) is 18.3 Å². The van der Waals surface area contributed by atoms with E-state index in [1.165, 1.54) is 12.1 Å². The second-order valence-electron chi connectivity index (χ2n) is 6.82. The first kappa shape index (κ1) is 22.6. The highest BCUT2D eigenvalue weighted by Crippen LogP contribution is 2.55. The van der Waals surface area contributed by atoms with Crippen molar-refractivity contribution in [3.63, 3.8) is 0 Å². The quantitative estimate of drug-likeness (QED) is 0.268. The van der Waals surface area contributed by atoms with Gasteiger partial charge in [-0.05, 0) is 6.07 Å². The van der Waals surface area contributed by atoms with Gasteiger partial charge in [-0.25, -0.2) is 13.8 Å². The van der Waals surface area contributed by atoms with Crippen LogP contribution in [0.4, 0.5) is 10.1 Å². The first-order valence-corrected chi connectivity index (χ1v) is 10.7. The average Bonchev–Trinajstić information content (AvgIpc) is 2.95. The third-order valence-corrected chi connectivity index (χ3v) is 6.46. The number of phosphoric ester groups is 1. The molecule has 4 rings (SSSR count). The fourth-order valence-corrected chi connectivity index (χ4v) is 4.65. The Kier molecular flexibility index (Phi) is 5.69. The SMILES string of the molecule is O=c1ccn([C@H]2O[C@H](COP3(=O)OCc4cc([N+](=O)[O-])ccc4O3)[C@@H](O)[C@]2(F)Cl)c(=O)[nH]1. The molecule has 172 valence electrons. The second kappa shape index (κ2) is 8.06. The number of ether oxygens (including phenoxy) is 1. The number of H-pyrrole nitrogens is 1. The standard InChI is InChI=1S/C16H14ClFN3O10P/c17-16(18)13(23)11(30-14(16)20-4-3-12(22)19-15(20)24)7-29-32(27)28-6-8-5-9(21(25)26)1-2-10(8)31-32/h1-5,11,13-14,23H,6-7H2,(H,19,22,24)/t11-,13-,14+,16-,32?/m1/s1. The van der Waals surface area contributed by atoms with E-state index in [0.29, 0.717) is 4.57 Å². The van der Waals surface area contributed by atoms with Crippen LogP contribution in [-0.2, 0) is 25.0 Å². The number of benzene rings is 1. The van der Waals surface area contributed by atoms with Gasteiger partial charge in [-0.2, -0.15) is 0 Å². The number of fused-ring (bicyclic) bond motifs is 1. The summed E-state index contributed by atoms with van der Waals surface area (Å²) in [5.41, 5.74) is -1.73. The van der Waals surface area contributed by atoms with E-state index in [2.05, 4.69) is 0 Å². The molecule has 0 spiro atoms. The van der Waals surface area contributed by atoms with Gasteiger partial charge < -0.3 is 14.4 Å². The van der Waals surface area contributed by atoms with Crippen LogP contribution in [0.3, 0.4) is 0 Å². The number of nitro groups is 1. The van der Waals surface area contributed by atoms with Crippen LogP contribution in [0.1, 0.15) is 11.8 Å². The van der Waals surface area contributed by atoms with Crippen molar-refractivity contribution < 1.29 is 37.3 Å². The lowest BCUT2D eigenvalue weighted by atomic mass is 10.1. The van der Waals surface area contributed by atoms with Crippen molar-refractivity contribution in [2.45, 2.75) is 30.2 Å². The zero-order valence-electron chi connectivity index (χ0n) is 15.8. The number of nitrogens with one attached hydrogen (secondary N) is 1. The first-order chi connectivity index (χ1) is 15.0. The van der Waals surface area contributed by atoms with Gasteiger partial charge in [-0.15, -0.1) is 0 Å². The summed E-state index contributed by atoms with van der Waals surface area (Å²) in [6.45, 7) is -1.05. The lowest BCUT2D eigenvalue weighted by Crippen LogP contribution is -2.42. The summed E-state index contributed by atoms with van der Waals surface area (Å²) in [5, 5.41) is 18.1. The Bertz CT molecular complexity index is 1230. The van der Waals surface area contributed by atoms with Gasteiger partial charge in [0.05, 0.1) is 18.1 Å². The van der Waals surface area contributed by atoms with E-state index in [9.17, 15) is 33.8 Å². The van der Waals surface area contributed by atoms with Crippen LogP contribution >= 0.6 is 19.4 Å². The van der Waals surface area contributed by atoms with Gasteiger partial charge in [0.1, 0.15) is 18.0 Å². The molecule has 5 atom stereocenters. The van der Waals surface area contributed by atoms with Crippen LogP contribution in [0.15, 0.2) is 40.1 Å². The summed E-state index contributed by atoms with van der Waals surface area (Å²) in [4.78, 5) is 35.3. The molecule has 3 heterocycles. The van der Waals surface area contributed by atoms with Gasteiger partial charge in [0.25, 0.3) is 16.4 Å². The lowest BCUT2D eigenvalue weighted by molar-refractivity contribution is -0.385. The maximum Gasteiger partial charge on any atom is 0.530 e. The van der Waals surface area contributed by atoms with Crippen molar-refractivity contribution in [2.75, 3.05) is 6.61 Å². The molecule has 0 bridgehead atoms. The highest BCUT2D eigenvalue weighted by atomic mass is 35.5. The number of aromatic amines is 1. The van der Waals surface area contributed by atoms with Crippen molar-refractivity contribution in [3.8, 4) is 5.75 Å². The maximum absolute atomic E-state index is 14.9. The lowest BCUT2D eigenvalue weighted by Gasteiger charge is -2.26. The second-order valence-corrected chi connectivity index (χ2v) is 8.99. The summed E-state index contributed by atoms with van der Waals surface area (Å²) in [5.74, 6) is 0.0212. The molecule has 1 unspecified atom stereocenters. The van der Waals surface area contributed by atoms with E-state index in [1.54, 1.807) is 0 Å². The predicted molar refractivity (Wildman–Crippen MR) is 103 cm³/mol. The Morgan fingerprint density at radius 2 is 2.19 bits per heavy atom. The molecule has 32 heavy (non-hydrogen) atoms. The molecule has 16 heteroatoms. The number of aromatic nitrogens is 2. The Labute approximate surface area is 182 Å². The summed E-state index contributed by atoms with van der Waals surface area (Å²) in [6, 6.07) is 4.46. The molecule has 13 nitrogen and oxygen atoms in total. The number of hydrogen-bond donors (Lipinski definition) is 2. The van der Waals surface area contributed by atoms with Crippen LogP contribution in [0.2, 0.25) is 0 Å². The number of aliphatic hydroxyl groups is 1. The van der Waals surface area contributed by atoms with Crippen molar-refractivity contribution >= 4 is 25.1 Å². The summed E-state index contributed by atoms with van der Waals surface area (Å²) >= 11 is 5.75. The van der Waals surface area contributed by atoms with Crippen molar-refractivity contribution in [1.82, 2.24) is 9.55 Å². The van der Waals surface area contributed by atoms with E-state index < -0.39 is 54.2 Å². The topological polar surface area (TPSA) is 172 Å². The molecule has 1 fully saturated rings. The van der Waals surface area contributed by atoms with Gasteiger partial charge >= 0.3 is 13.5 Å². The van der Waals surface area contributed by atoms with Crippen LogP contribution in [0.25, 0.3) is 0 Å². The van der Waals surface area contributed by atoms with Crippen molar-refractivity contribution in [2.24, 2.45) is 0 Å². The van der Waals surface area contributed by atoms with Crippen LogP contribution in [0.5, 0.6) is 5.75 Å². The molecule has 2 aliphatic heterocycles. The number of nitrogens with zero attached hydrogens (tertiary/aromatic N) is 2. The molecular weight excluding hydrogens is 480 g/mol. The molecule has 0 radical (unpaired) electrons. The minimum absolute atomic E-state index is 0.0212. The monoisotopic (exact) mass is 493 g/mol. The molecule has 2 aromatic rings. The summed E-state index contributed by atoms with van der Waals surface area (Å²) in [7, 11) is -4.26. The van der Waals surface area contributed by atoms with E-state index in [1.807, 2.05) is 4.98 Å². The first-order valence-electron chi connectivity index (χ1n) is 8.89. The van der Waals surface area contributed by atoms with Crippen molar-refractivity contribution in [3.05, 3.63) is 67.0 Å². The molecule has 0 aliphatic carbocycles. The molecule has 1 aromatic heterocycles. The fraction of sp³-hybridized carbons (Fsp3) is 0.375. The number of alkyl halides is 2. The summed E-state index contributed by atoms with van der Waals surface area (Å²) in [6.07, 6.45) is -4.44. The Morgan fingerprint density at radius 1 is 1.44 bits per heavy atom. The number of halogens is 2. The Hall–Kier alpha value is -2.61. The summed E-state index contributed by atoms with van der Waals surface area (Å²) < 4.78 is 48.9. The number of hydrogen-bond acceptors (Lipinski definition) is 10. The number of phosphoric acid groups is 1. The van der Waals surface area contributed by atoms with E-state index in [-0.39, 0.29) is 23.6 Å². The van der Waals surface area contributed by atoms with Crippen molar-refractivity contribution in [1.29, 1.82) is 0 Å². The van der Waals surface area contributed by atoms with Gasteiger partial charge in [0.15, 0.2) is 6.23 Å². The number of aliphatic hydroxyl groups excluding tert-OH is 1. The third kappa shape index (κ3) is 4.08. The van der Waals surface area contributed by atoms with Crippen LogP contribution in [-0.4, -0.2) is 43.5 Å². The largest absolute Gasteiger partial charge is 0.530 e. The van der Waals surface area contributed by atoms with Crippen LogP contribution in [0, 0.1) is 10.1 Å². The molecule has 2 aliphatic rings. The molecule has 2 N–H and O–H groups in total. The highest BCUT2D eigenvalue weighted by Gasteiger charge is 2.58. The van der Waals surface area contributed by atoms with Gasteiger partial charge in [0.2, 0.25) is 0 Å². The molecular formula is C16H14ClFN3O10P. The predicted octanol–water partition coefficient (Wildman–Crippen LogP) is 1.34. The fourth-order valence-electron chi connectivity index (χ4n) is 3.12. The minimum Gasteiger partial charge on any atom is -0.404 e. The van der Waals surface area contributed by atoms with Gasteiger partial charge in [-0.1, -0.05) is 11.6 Å². The minimum atomic E-state index is -4.26. The molecule has 0 amide bonds. The van der Waals surface area contributed by atoms with E-state index in [4.69, 9.17) is 29.9 Å². The number of non-ortho nitro benzene ring substituents is 1. The van der Waals surface area contributed by atoms with E-state index >= 15 is 0 Å². The smallest absolute Gasteiger partial charge is 0.404 e.